The number of hydrogen-bond acceptors (Lipinski definition) is 2. The van der Waals surface area contributed by atoms with Crippen LogP contribution in [-0.2, 0) is 0 Å². The van der Waals surface area contributed by atoms with E-state index in [1.165, 1.54) is 0 Å². The second-order valence-corrected chi connectivity index (χ2v) is 7.14. The van der Waals surface area contributed by atoms with Gasteiger partial charge in [-0.1, -0.05) is 35.9 Å². The fourth-order valence-corrected chi connectivity index (χ4v) is 4.40. The molecule has 0 aromatic heterocycles. The quantitative estimate of drug-likeness (QED) is 0.851. The number of nitrogens with one attached hydrogen (secondary N) is 2. The number of fused-ring (bicyclic) bond motifs is 1. The minimum Gasteiger partial charge on any atom is -0.333 e. The Labute approximate surface area is 151 Å². The lowest BCUT2D eigenvalue weighted by molar-refractivity contribution is 0.247. The molecule has 3 atom stereocenters. The van der Waals surface area contributed by atoms with Gasteiger partial charge in [0.25, 0.3) is 0 Å². The lowest BCUT2D eigenvalue weighted by Gasteiger charge is -2.32. The number of hydrogen-bond donors (Lipinski definition) is 2. The highest BCUT2D eigenvalue weighted by Crippen LogP contribution is 2.42. The van der Waals surface area contributed by atoms with E-state index in [2.05, 4.69) is 22.8 Å². The van der Waals surface area contributed by atoms with Crippen molar-refractivity contribution in [2.24, 2.45) is 0 Å². The minimum absolute atomic E-state index is 0.0675. The average Bonchev–Trinajstić information content (AvgIpc) is 3.00. The number of rotatable bonds is 2. The SMILES string of the molecule is N#Cc1ccc(-c2cccc(Cl)c2C2CCC3NC(=O)NC3C2)cc1. The Balaban J connectivity index is 1.70. The molecule has 25 heavy (non-hydrogen) atoms. The third kappa shape index (κ3) is 2.96. The Kier molecular flexibility index (Phi) is 4.10. The van der Waals surface area contributed by atoms with Gasteiger partial charge in [0.05, 0.1) is 23.7 Å². The molecule has 1 saturated carbocycles. The molecule has 2 aliphatic rings. The van der Waals surface area contributed by atoms with Crippen LogP contribution in [0.15, 0.2) is 42.5 Å². The van der Waals surface area contributed by atoms with Gasteiger partial charge < -0.3 is 10.6 Å². The first-order valence-electron chi connectivity index (χ1n) is 8.51. The molecule has 126 valence electrons. The standard InChI is InChI=1S/C20H18ClN3O/c21-16-3-1-2-15(13-6-4-12(11-22)5-7-13)19(16)14-8-9-17-18(10-14)24-20(25)23-17/h1-7,14,17-18H,8-10H2,(H2,23,24,25). The summed E-state index contributed by atoms with van der Waals surface area (Å²) >= 11 is 6.59. The predicted molar refractivity (Wildman–Crippen MR) is 97.4 cm³/mol. The molecule has 3 unspecified atom stereocenters. The molecule has 5 heteroatoms. The van der Waals surface area contributed by atoms with Gasteiger partial charge in [0.1, 0.15) is 0 Å². The van der Waals surface area contributed by atoms with E-state index in [4.69, 9.17) is 16.9 Å². The summed E-state index contributed by atoms with van der Waals surface area (Å²) in [6.45, 7) is 0. The van der Waals surface area contributed by atoms with Gasteiger partial charge in [-0.2, -0.15) is 5.26 Å². The molecule has 1 saturated heterocycles. The number of carbonyl (C=O) groups is 1. The van der Waals surface area contributed by atoms with Crippen LogP contribution in [0, 0.1) is 11.3 Å². The van der Waals surface area contributed by atoms with Crippen molar-refractivity contribution in [3.63, 3.8) is 0 Å². The average molecular weight is 352 g/mol. The lowest BCUT2D eigenvalue weighted by Crippen LogP contribution is -2.39. The van der Waals surface area contributed by atoms with Gasteiger partial charge in [0, 0.05) is 5.02 Å². The number of halogens is 1. The van der Waals surface area contributed by atoms with Crippen LogP contribution in [0.1, 0.15) is 36.3 Å². The van der Waals surface area contributed by atoms with Crippen LogP contribution >= 0.6 is 11.6 Å². The van der Waals surface area contributed by atoms with Crippen molar-refractivity contribution >= 4 is 17.6 Å². The number of amides is 2. The summed E-state index contributed by atoms with van der Waals surface area (Å²) in [6.07, 6.45) is 2.83. The molecule has 4 nitrogen and oxygen atoms in total. The highest BCUT2D eigenvalue weighted by atomic mass is 35.5. The molecule has 0 radical (unpaired) electrons. The molecule has 0 spiro atoms. The van der Waals surface area contributed by atoms with E-state index >= 15 is 0 Å². The van der Waals surface area contributed by atoms with Crippen molar-refractivity contribution in [2.75, 3.05) is 0 Å². The smallest absolute Gasteiger partial charge is 0.315 e. The van der Waals surface area contributed by atoms with Gasteiger partial charge in [0.2, 0.25) is 0 Å². The molecule has 0 bridgehead atoms. The fourth-order valence-electron chi connectivity index (χ4n) is 4.07. The van der Waals surface area contributed by atoms with E-state index in [-0.39, 0.29) is 18.1 Å². The van der Waals surface area contributed by atoms with Crippen LogP contribution in [0.25, 0.3) is 11.1 Å². The Morgan fingerprint density at radius 2 is 1.80 bits per heavy atom. The first kappa shape index (κ1) is 16.0. The van der Waals surface area contributed by atoms with Gasteiger partial charge in [-0.3, -0.25) is 0 Å². The van der Waals surface area contributed by atoms with E-state index in [9.17, 15) is 4.79 Å². The van der Waals surface area contributed by atoms with Crippen LogP contribution in [0.5, 0.6) is 0 Å². The molecule has 2 aromatic carbocycles. The number of carbonyl (C=O) groups excluding carboxylic acids is 1. The highest BCUT2D eigenvalue weighted by Gasteiger charge is 2.38. The summed E-state index contributed by atoms with van der Waals surface area (Å²) in [4.78, 5) is 11.6. The Hall–Kier alpha value is -2.51. The van der Waals surface area contributed by atoms with Gasteiger partial charge in [-0.05, 0) is 60.1 Å². The van der Waals surface area contributed by atoms with Crippen molar-refractivity contribution in [1.82, 2.24) is 10.6 Å². The maximum atomic E-state index is 11.6. The third-order valence-corrected chi connectivity index (χ3v) is 5.60. The van der Waals surface area contributed by atoms with Gasteiger partial charge >= 0.3 is 6.03 Å². The number of nitriles is 1. The van der Waals surface area contributed by atoms with Crippen molar-refractivity contribution in [3.05, 3.63) is 58.6 Å². The lowest BCUT2D eigenvalue weighted by atomic mass is 9.77. The van der Waals surface area contributed by atoms with Gasteiger partial charge in [-0.15, -0.1) is 0 Å². The minimum atomic E-state index is -0.0675. The molecular weight excluding hydrogens is 334 g/mol. The Morgan fingerprint density at radius 1 is 1.04 bits per heavy atom. The molecule has 2 N–H and O–H groups in total. The summed E-state index contributed by atoms with van der Waals surface area (Å²) in [7, 11) is 0. The van der Waals surface area contributed by atoms with E-state index in [1.54, 1.807) is 0 Å². The molecule has 2 fully saturated rings. The predicted octanol–water partition coefficient (Wildman–Crippen LogP) is 4.20. The van der Waals surface area contributed by atoms with Crippen molar-refractivity contribution in [1.29, 1.82) is 5.26 Å². The summed E-state index contributed by atoms with van der Waals surface area (Å²) in [5, 5.41) is 15.8. The van der Waals surface area contributed by atoms with Crippen molar-refractivity contribution in [3.8, 4) is 17.2 Å². The zero-order valence-corrected chi connectivity index (χ0v) is 14.4. The third-order valence-electron chi connectivity index (χ3n) is 5.27. The number of urea groups is 1. The summed E-state index contributed by atoms with van der Waals surface area (Å²) < 4.78 is 0. The second-order valence-electron chi connectivity index (χ2n) is 6.73. The van der Waals surface area contributed by atoms with Crippen molar-refractivity contribution in [2.45, 2.75) is 37.3 Å². The first-order chi connectivity index (χ1) is 12.2. The van der Waals surface area contributed by atoms with Crippen LogP contribution in [0.4, 0.5) is 4.79 Å². The zero-order chi connectivity index (χ0) is 17.4. The topological polar surface area (TPSA) is 64.9 Å². The number of nitrogens with zero attached hydrogens (tertiary/aromatic N) is 1. The van der Waals surface area contributed by atoms with E-state index < -0.39 is 0 Å². The molecule has 2 aromatic rings. The van der Waals surface area contributed by atoms with E-state index in [0.29, 0.717) is 11.5 Å². The highest BCUT2D eigenvalue weighted by molar-refractivity contribution is 6.31. The summed E-state index contributed by atoms with van der Waals surface area (Å²) in [5.74, 6) is 0.306. The molecule has 2 amide bonds. The zero-order valence-electron chi connectivity index (χ0n) is 13.6. The summed E-state index contributed by atoms with van der Waals surface area (Å²) in [6, 6.07) is 16.1. The molecule has 1 aliphatic carbocycles. The second kappa shape index (κ2) is 6.42. The Bertz CT molecular complexity index is 856. The maximum Gasteiger partial charge on any atom is 0.315 e. The Morgan fingerprint density at radius 3 is 2.56 bits per heavy atom. The van der Waals surface area contributed by atoms with Crippen LogP contribution < -0.4 is 10.6 Å². The maximum absolute atomic E-state index is 11.6. The van der Waals surface area contributed by atoms with E-state index in [0.717, 1.165) is 41.0 Å². The first-order valence-corrected chi connectivity index (χ1v) is 8.89. The van der Waals surface area contributed by atoms with Crippen LogP contribution in [0.2, 0.25) is 5.02 Å². The molecule has 1 aliphatic heterocycles. The van der Waals surface area contributed by atoms with Gasteiger partial charge in [0.15, 0.2) is 0 Å². The number of benzene rings is 2. The molecule has 1 heterocycles. The monoisotopic (exact) mass is 351 g/mol. The normalized spacial score (nSPS) is 24.8. The van der Waals surface area contributed by atoms with Crippen molar-refractivity contribution < 1.29 is 4.79 Å². The van der Waals surface area contributed by atoms with E-state index in [1.807, 2.05) is 36.4 Å². The van der Waals surface area contributed by atoms with Crippen LogP contribution in [0.3, 0.4) is 0 Å². The summed E-state index contributed by atoms with van der Waals surface area (Å²) in [5.41, 5.74) is 3.96. The fraction of sp³-hybridized carbons (Fsp3) is 0.300. The molecule has 4 rings (SSSR count). The molecular formula is C20H18ClN3O. The van der Waals surface area contributed by atoms with Crippen LogP contribution in [-0.4, -0.2) is 18.1 Å². The largest absolute Gasteiger partial charge is 0.333 e. The van der Waals surface area contributed by atoms with Gasteiger partial charge in [-0.25, -0.2) is 4.79 Å².